The van der Waals surface area contributed by atoms with Crippen LogP contribution in [0.25, 0.3) is 0 Å². The van der Waals surface area contributed by atoms with Crippen LogP contribution in [0.1, 0.15) is 36.3 Å². The van der Waals surface area contributed by atoms with Gasteiger partial charge in [-0.15, -0.1) is 10.2 Å². The monoisotopic (exact) mass is 214 g/mol. The first kappa shape index (κ1) is 9.54. The van der Waals surface area contributed by atoms with Crippen molar-refractivity contribution in [3.8, 4) is 0 Å². The van der Waals surface area contributed by atoms with Gasteiger partial charge < -0.3 is 10.3 Å². The fourth-order valence-corrected chi connectivity index (χ4v) is 1.92. The lowest BCUT2D eigenvalue weighted by Crippen LogP contribution is -2.17. The summed E-state index contributed by atoms with van der Waals surface area (Å²) in [5, 5.41) is 8.10. The second-order valence-corrected chi connectivity index (χ2v) is 4.22. The molecule has 16 heavy (non-hydrogen) atoms. The minimum absolute atomic E-state index is 0.177. The lowest BCUT2D eigenvalue weighted by atomic mass is 10.1. The largest absolute Gasteiger partial charge is 0.318 e. The molecular weight excluding hydrogens is 200 g/mol. The van der Waals surface area contributed by atoms with Gasteiger partial charge in [0.2, 0.25) is 0 Å². The maximum absolute atomic E-state index is 6.20. The second-order valence-electron chi connectivity index (χ2n) is 4.22. The molecule has 1 atom stereocenters. The van der Waals surface area contributed by atoms with E-state index in [4.69, 9.17) is 5.73 Å². The van der Waals surface area contributed by atoms with Gasteiger partial charge in [-0.2, -0.15) is 0 Å². The minimum atomic E-state index is -0.177. The SMILES string of the molecule is N[C@H](c1ccccc1)c1nncn1C1CC1. The van der Waals surface area contributed by atoms with Crippen LogP contribution in [0.5, 0.6) is 0 Å². The zero-order chi connectivity index (χ0) is 11.0. The van der Waals surface area contributed by atoms with Gasteiger partial charge in [0.05, 0.1) is 6.04 Å². The van der Waals surface area contributed by atoms with Gasteiger partial charge in [0, 0.05) is 6.04 Å². The van der Waals surface area contributed by atoms with Crippen molar-refractivity contribution in [3.05, 3.63) is 48.0 Å². The van der Waals surface area contributed by atoms with E-state index in [0.29, 0.717) is 6.04 Å². The summed E-state index contributed by atoms with van der Waals surface area (Å²) in [6, 6.07) is 10.4. The summed E-state index contributed by atoms with van der Waals surface area (Å²) in [5.74, 6) is 0.869. The topological polar surface area (TPSA) is 56.7 Å². The average molecular weight is 214 g/mol. The molecule has 3 rings (SSSR count). The summed E-state index contributed by atoms with van der Waals surface area (Å²) in [7, 11) is 0. The predicted octanol–water partition coefficient (Wildman–Crippen LogP) is 1.66. The molecule has 1 saturated carbocycles. The van der Waals surface area contributed by atoms with Crippen LogP contribution in [0.4, 0.5) is 0 Å². The molecule has 0 aliphatic heterocycles. The van der Waals surface area contributed by atoms with Crippen molar-refractivity contribution in [3.63, 3.8) is 0 Å². The fraction of sp³-hybridized carbons (Fsp3) is 0.333. The van der Waals surface area contributed by atoms with Crippen LogP contribution in [0, 0.1) is 0 Å². The number of hydrogen-bond donors (Lipinski definition) is 1. The lowest BCUT2D eigenvalue weighted by molar-refractivity contribution is 0.643. The Hall–Kier alpha value is -1.68. The molecule has 1 fully saturated rings. The fourth-order valence-electron chi connectivity index (χ4n) is 1.92. The highest BCUT2D eigenvalue weighted by atomic mass is 15.3. The first-order valence-corrected chi connectivity index (χ1v) is 5.56. The van der Waals surface area contributed by atoms with Gasteiger partial charge in [-0.1, -0.05) is 30.3 Å². The van der Waals surface area contributed by atoms with Gasteiger partial charge in [-0.05, 0) is 18.4 Å². The lowest BCUT2D eigenvalue weighted by Gasteiger charge is -2.12. The third-order valence-electron chi connectivity index (χ3n) is 2.98. The molecular formula is C12H14N4. The van der Waals surface area contributed by atoms with Crippen molar-refractivity contribution >= 4 is 0 Å². The first-order chi connectivity index (χ1) is 7.86. The number of nitrogens with two attached hydrogens (primary N) is 1. The third kappa shape index (κ3) is 1.61. The predicted molar refractivity (Wildman–Crippen MR) is 60.8 cm³/mol. The molecule has 1 heterocycles. The van der Waals surface area contributed by atoms with E-state index in [1.54, 1.807) is 6.33 Å². The van der Waals surface area contributed by atoms with E-state index in [0.717, 1.165) is 11.4 Å². The third-order valence-corrected chi connectivity index (χ3v) is 2.98. The van der Waals surface area contributed by atoms with Gasteiger partial charge in [0.15, 0.2) is 5.82 Å². The van der Waals surface area contributed by atoms with Crippen molar-refractivity contribution in [1.82, 2.24) is 14.8 Å². The van der Waals surface area contributed by atoms with Gasteiger partial charge in [0.25, 0.3) is 0 Å². The average Bonchev–Trinajstić information content (AvgIpc) is 3.07. The highest BCUT2D eigenvalue weighted by molar-refractivity contribution is 5.24. The zero-order valence-electron chi connectivity index (χ0n) is 8.95. The Morgan fingerprint density at radius 2 is 2.00 bits per heavy atom. The van der Waals surface area contributed by atoms with E-state index in [-0.39, 0.29) is 6.04 Å². The molecule has 0 amide bonds. The summed E-state index contributed by atoms with van der Waals surface area (Å²) >= 11 is 0. The van der Waals surface area contributed by atoms with Crippen molar-refractivity contribution in [2.75, 3.05) is 0 Å². The Kier molecular flexibility index (Phi) is 2.22. The highest BCUT2D eigenvalue weighted by Gasteiger charge is 2.28. The molecule has 1 aromatic heterocycles. The summed E-state index contributed by atoms with van der Waals surface area (Å²) in [6.07, 6.45) is 4.22. The Morgan fingerprint density at radius 3 is 2.69 bits per heavy atom. The minimum Gasteiger partial charge on any atom is -0.318 e. The molecule has 4 nitrogen and oxygen atoms in total. The van der Waals surface area contributed by atoms with Crippen molar-refractivity contribution in [2.45, 2.75) is 24.9 Å². The van der Waals surface area contributed by atoms with Gasteiger partial charge in [0.1, 0.15) is 6.33 Å². The molecule has 1 aliphatic rings. The number of nitrogens with zero attached hydrogens (tertiary/aromatic N) is 3. The van der Waals surface area contributed by atoms with Crippen LogP contribution in [0.3, 0.4) is 0 Å². The van der Waals surface area contributed by atoms with E-state index >= 15 is 0 Å². The number of rotatable bonds is 3. The van der Waals surface area contributed by atoms with Crippen LogP contribution in [0.15, 0.2) is 36.7 Å². The first-order valence-electron chi connectivity index (χ1n) is 5.56. The van der Waals surface area contributed by atoms with Crippen LogP contribution in [-0.2, 0) is 0 Å². The highest BCUT2D eigenvalue weighted by Crippen LogP contribution is 2.36. The van der Waals surface area contributed by atoms with Crippen LogP contribution in [0.2, 0.25) is 0 Å². The van der Waals surface area contributed by atoms with E-state index in [1.807, 2.05) is 30.3 Å². The number of benzene rings is 1. The molecule has 0 saturated heterocycles. The van der Waals surface area contributed by atoms with Gasteiger partial charge >= 0.3 is 0 Å². The van der Waals surface area contributed by atoms with Crippen LogP contribution >= 0.6 is 0 Å². The number of aromatic nitrogens is 3. The molecule has 4 heteroatoms. The molecule has 2 aromatic rings. The molecule has 82 valence electrons. The van der Waals surface area contributed by atoms with Crippen LogP contribution < -0.4 is 5.73 Å². The van der Waals surface area contributed by atoms with Gasteiger partial charge in [-0.25, -0.2) is 0 Å². The Labute approximate surface area is 94.1 Å². The second kappa shape index (κ2) is 3.72. The van der Waals surface area contributed by atoms with Crippen molar-refractivity contribution < 1.29 is 0 Å². The smallest absolute Gasteiger partial charge is 0.154 e. The quantitative estimate of drug-likeness (QED) is 0.845. The maximum atomic E-state index is 6.20. The van der Waals surface area contributed by atoms with E-state index in [1.165, 1.54) is 12.8 Å². The Morgan fingerprint density at radius 1 is 1.25 bits per heavy atom. The maximum Gasteiger partial charge on any atom is 0.154 e. The molecule has 1 aromatic carbocycles. The zero-order valence-corrected chi connectivity index (χ0v) is 8.95. The summed E-state index contributed by atoms with van der Waals surface area (Å²) in [6.45, 7) is 0. The van der Waals surface area contributed by atoms with E-state index in [2.05, 4.69) is 14.8 Å². The normalized spacial score (nSPS) is 17.3. The molecule has 0 radical (unpaired) electrons. The molecule has 0 bridgehead atoms. The molecule has 2 N–H and O–H groups in total. The van der Waals surface area contributed by atoms with Crippen molar-refractivity contribution in [1.29, 1.82) is 0 Å². The molecule has 0 unspecified atom stereocenters. The Balaban J connectivity index is 1.94. The standard InChI is InChI=1S/C12H14N4/c13-11(9-4-2-1-3-5-9)12-15-14-8-16(12)10-6-7-10/h1-5,8,10-11H,6-7,13H2/t11-/m1/s1. The summed E-state index contributed by atoms with van der Waals surface area (Å²) in [4.78, 5) is 0. The van der Waals surface area contributed by atoms with Crippen LogP contribution in [-0.4, -0.2) is 14.8 Å². The Bertz CT molecular complexity index is 473. The van der Waals surface area contributed by atoms with Gasteiger partial charge in [-0.3, -0.25) is 0 Å². The molecule has 0 spiro atoms. The van der Waals surface area contributed by atoms with E-state index < -0.39 is 0 Å². The number of hydrogen-bond acceptors (Lipinski definition) is 3. The molecule has 1 aliphatic carbocycles. The summed E-state index contributed by atoms with van der Waals surface area (Å²) < 4.78 is 2.11. The van der Waals surface area contributed by atoms with E-state index in [9.17, 15) is 0 Å². The summed E-state index contributed by atoms with van der Waals surface area (Å²) in [5.41, 5.74) is 7.28. The van der Waals surface area contributed by atoms with Crippen molar-refractivity contribution in [2.24, 2.45) is 5.73 Å².